The molecule has 0 amide bonds. The van der Waals surface area contributed by atoms with Crippen LogP contribution in [0.3, 0.4) is 0 Å². The summed E-state index contributed by atoms with van der Waals surface area (Å²) in [6.07, 6.45) is 0.945. The molecule has 0 unspecified atom stereocenters. The average Bonchev–Trinajstić information content (AvgIpc) is 3.14. The molecule has 6 nitrogen and oxygen atoms in total. The van der Waals surface area contributed by atoms with E-state index in [-0.39, 0.29) is 0 Å². The molecule has 0 saturated carbocycles. The van der Waals surface area contributed by atoms with E-state index in [0.29, 0.717) is 17.0 Å². The van der Waals surface area contributed by atoms with Crippen LogP contribution in [-0.2, 0) is 23.0 Å². The molecule has 26 heavy (non-hydrogen) atoms. The van der Waals surface area contributed by atoms with Crippen LogP contribution in [0, 0.1) is 0 Å². The number of hydrogen-bond acceptors (Lipinski definition) is 4. The maximum Gasteiger partial charge on any atom is 0.242 e. The van der Waals surface area contributed by atoms with E-state index in [1.165, 1.54) is 23.3 Å². The van der Waals surface area contributed by atoms with Crippen LogP contribution in [-0.4, -0.2) is 58.3 Å². The summed E-state index contributed by atoms with van der Waals surface area (Å²) in [5.74, 6) is 0.735. The topological polar surface area (TPSA) is 65.0 Å². The largest absolute Gasteiger partial charge is 0.352 e. The lowest BCUT2D eigenvalue weighted by Crippen LogP contribution is -2.39. The third-order valence-corrected chi connectivity index (χ3v) is 6.87. The molecule has 1 aromatic heterocycles. The quantitative estimate of drug-likeness (QED) is 0.578. The van der Waals surface area contributed by atoms with Gasteiger partial charge >= 0.3 is 0 Å². The molecular formula is C18H26N4O2S2. The fraction of sp³-hybridized carbons (Fsp3) is 0.389. The molecule has 0 fully saturated rings. The van der Waals surface area contributed by atoms with Gasteiger partial charge in [0.1, 0.15) is 0 Å². The molecule has 0 saturated heterocycles. The molecule has 1 heterocycles. The first-order valence-corrected chi connectivity index (χ1v) is 10.6. The van der Waals surface area contributed by atoms with Gasteiger partial charge in [0.2, 0.25) is 10.0 Å². The summed E-state index contributed by atoms with van der Waals surface area (Å²) in [5.41, 5.74) is 0.717. The highest BCUT2D eigenvalue weighted by atomic mass is 32.2. The predicted octanol–water partition coefficient (Wildman–Crippen LogP) is 2.25. The van der Waals surface area contributed by atoms with Crippen LogP contribution >= 0.6 is 11.3 Å². The second-order valence-electron chi connectivity index (χ2n) is 6.05. The van der Waals surface area contributed by atoms with Crippen molar-refractivity contribution in [1.29, 1.82) is 0 Å². The highest BCUT2D eigenvalue weighted by molar-refractivity contribution is 7.89. The van der Waals surface area contributed by atoms with E-state index in [1.807, 2.05) is 24.1 Å². The molecule has 8 heteroatoms. The SMILES string of the molecule is CN=C(NCc1ccccc1S(=O)(=O)N(C)C)N(C)CCc1cccs1. The monoisotopic (exact) mass is 394 g/mol. The fourth-order valence-electron chi connectivity index (χ4n) is 2.50. The number of rotatable bonds is 7. The summed E-state index contributed by atoms with van der Waals surface area (Å²) in [6, 6.07) is 11.2. The number of likely N-dealkylation sites (N-methyl/N-ethyl adjacent to an activating group) is 1. The van der Waals surface area contributed by atoms with Gasteiger partial charge in [-0.25, -0.2) is 12.7 Å². The van der Waals surface area contributed by atoms with Crippen LogP contribution in [0.1, 0.15) is 10.4 Å². The molecule has 1 N–H and O–H groups in total. The van der Waals surface area contributed by atoms with Gasteiger partial charge in [-0.05, 0) is 29.5 Å². The first kappa shape index (κ1) is 20.4. The average molecular weight is 395 g/mol. The molecule has 0 aliphatic carbocycles. The Bertz CT molecular complexity index is 831. The first-order chi connectivity index (χ1) is 12.4. The van der Waals surface area contributed by atoms with Crippen LogP contribution in [0.5, 0.6) is 0 Å². The predicted molar refractivity (Wildman–Crippen MR) is 108 cm³/mol. The number of hydrogen-bond donors (Lipinski definition) is 1. The van der Waals surface area contributed by atoms with Gasteiger partial charge in [0, 0.05) is 46.2 Å². The van der Waals surface area contributed by atoms with Gasteiger partial charge < -0.3 is 10.2 Å². The lowest BCUT2D eigenvalue weighted by Gasteiger charge is -2.22. The van der Waals surface area contributed by atoms with Gasteiger partial charge in [-0.3, -0.25) is 4.99 Å². The zero-order valence-electron chi connectivity index (χ0n) is 15.6. The van der Waals surface area contributed by atoms with E-state index in [4.69, 9.17) is 0 Å². The number of guanidine groups is 1. The molecule has 0 atom stereocenters. The number of nitrogens with one attached hydrogen (secondary N) is 1. The second kappa shape index (κ2) is 9.16. The summed E-state index contributed by atoms with van der Waals surface area (Å²) in [4.78, 5) is 7.99. The highest BCUT2D eigenvalue weighted by Gasteiger charge is 2.20. The third-order valence-electron chi connectivity index (χ3n) is 4.02. The molecule has 0 aliphatic rings. The van der Waals surface area contributed by atoms with E-state index >= 15 is 0 Å². The standard InChI is InChI=1S/C18H26N4O2S2/c1-19-18(22(4)12-11-16-9-7-13-25-16)20-14-15-8-5-6-10-17(15)26(23,24)21(2)3/h5-10,13H,11-12,14H2,1-4H3,(H,19,20). The molecule has 0 radical (unpaired) electrons. The Morgan fingerprint density at radius 3 is 2.50 bits per heavy atom. The minimum Gasteiger partial charge on any atom is -0.352 e. The van der Waals surface area contributed by atoms with Crippen molar-refractivity contribution in [3.8, 4) is 0 Å². The van der Waals surface area contributed by atoms with E-state index in [9.17, 15) is 8.42 Å². The van der Waals surface area contributed by atoms with E-state index < -0.39 is 10.0 Å². The Morgan fingerprint density at radius 1 is 1.15 bits per heavy atom. The van der Waals surface area contributed by atoms with Crippen LogP contribution in [0.4, 0.5) is 0 Å². The number of nitrogens with zero attached hydrogens (tertiary/aromatic N) is 3. The fourth-order valence-corrected chi connectivity index (χ4v) is 4.31. The molecule has 0 spiro atoms. The van der Waals surface area contributed by atoms with Gasteiger partial charge in [-0.1, -0.05) is 24.3 Å². The Labute approximate surface area is 160 Å². The number of aliphatic imine (C=N–C) groups is 1. The normalized spacial score (nSPS) is 12.4. The van der Waals surface area contributed by atoms with Crippen LogP contribution in [0.2, 0.25) is 0 Å². The minimum absolute atomic E-state index is 0.314. The molecule has 0 bridgehead atoms. The van der Waals surface area contributed by atoms with Crippen molar-refractivity contribution in [1.82, 2.24) is 14.5 Å². The number of thiophene rings is 1. The van der Waals surface area contributed by atoms with Gasteiger partial charge in [0.05, 0.1) is 4.90 Å². The first-order valence-electron chi connectivity index (χ1n) is 8.31. The lowest BCUT2D eigenvalue weighted by molar-refractivity contribution is 0.485. The van der Waals surface area contributed by atoms with Gasteiger partial charge in [0.25, 0.3) is 0 Å². The van der Waals surface area contributed by atoms with Crippen molar-refractivity contribution in [2.45, 2.75) is 17.9 Å². The minimum atomic E-state index is -3.48. The molecule has 142 valence electrons. The maximum absolute atomic E-state index is 12.5. The van der Waals surface area contributed by atoms with Crippen molar-refractivity contribution in [3.63, 3.8) is 0 Å². The van der Waals surface area contributed by atoms with Crippen LogP contribution in [0.15, 0.2) is 51.7 Å². The summed E-state index contributed by atoms with van der Waals surface area (Å²) < 4.78 is 26.2. The Hall–Kier alpha value is -1.90. The zero-order chi connectivity index (χ0) is 19.2. The highest BCUT2D eigenvalue weighted by Crippen LogP contribution is 2.18. The Balaban J connectivity index is 2.05. The Kier molecular flexibility index (Phi) is 7.19. The molecule has 2 aromatic rings. The second-order valence-corrected chi connectivity index (χ2v) is 9.20. The van der Waals surface area contributed by atoms with Gasteiger partial charge in [-0.15, -0.1) is 11.3 Å². The van der Waals surface area contributed by atoms with Crippen molar-refractivity contribution in [3.05, 3.63) is 52.2 Å². The number of benzene rings is 1. The van der Waals surface area contributed by atoms with Gasteiger partial charge in [0.15, 0.2) is 5.96 Å². The Morgan fingerprint density at radius 2 is 1.88 bits per heavy atom. The summed E-state index contributed by atoms with van der Waals surface area (Å²) in [5, 5.41) is 5.34. The smallest absolute Gasteiger partial charge is 0.242 e. The van der Waals surface area contributed by atoms with E-state index in [2.05, 4.69) is 27.8 Å². The third kappa shape index (κ3) is 5.06. The van der Waals surface area contributed by atoms with Crippen LogP contribution < -0.4 is 5.32 Å². The van der Waals surface area contributed by atoms with Crippen molar-refractivity contribution in [2.75, 3.05) is 34.7 Å². The van der Waals surface area contributed by atoms with E-state index in [1.54, 1.807) is 30.5 Å². The number of sulfonamides is 1. The van der Waals surface area contributed by atoms with Crippen LogP contribution in [0.25, 0.3) is 0 Å². The zero-order valence-corrected chi connectivity index (χ0v) is 17.3. The molecule has 2 rings (SSSR count). The molecule has 1 aromatic carbocycles. The summed E-state index contributed by atoms with van der Waals surface area (Å²) in [7, 11) is 3.30. The van der Waals surface area contributed by atoms with E-state index in [0.717, 1.165) is 18.9 Å². The van der Waals surface area contributed by atoms with Crippen molar-refractivity contribution in [2.24, 2.45) is 4.99 Å². The van der Waals surface area contributed by atoms with Crippen molar-refractivity contribution >= 4 is 27.3 Å². The summed E-state index contributed by atoms with van der Waals surface area (Å²) >= 11 is 1.74. The summed E-state index contributed by atoms with van der Waals surface area (Å²) in [6.45, 7) is 1.22. The maximum atomic E-state index is 12.5. The molecule has 0 aliphatic heterocycles. The van der Waals surface area contributed by atoms with Crippen molar-refractivity contribution < 1.29 is 8.42 Å². The lowest BCUT2D eigenvalue weighted by atomic mass is 10.2. The molecular weight excluding hydrogens is 368 g/mol. The van der Waals surface area contributed by atoms with Gasteiger partial charge in [-0.2, -0.15) is 0 Å².